The number of carbonyl (C=O) groups is 1. The van der Waals surface area contributed by atoms with Crippen molar-refractivity contribution in [2.75, 3.05) is 19.5 Å². The molecule has 1 aliphatic rings. The number of aromatic nitrogens is 2. The molecule has 0 atom stereocenters. The highest BCUT2D eigenvalue weighted by atomic mass is 16.5. The van der Waals surface area contributed by atoms with Crippen LogP contribution in [0.2, 0.25) is 0 Å². The maximum atomic E-state index is 12.4. The molecule has 6 nitrogen and oxygen atoms in total. The molecule has 0 spiro atoms. The molecule has 0 radical (unpaired) electrons. The summed E-state index contributed by atoms with van der Waals surface area (Å²) in [4.78, 5) is 12.4. The molecular weight excluding hydrogens is 354 g/mol. The van der Waals surface area contributed by atoms with Crippen molar-refractivity contribution in [3.8, 4) is 22.6 Å². The number of hydrogen-bond acceptors (Lipinski definition) is 4. The summed E-state index contributed by atoms with van der Waals surface area (Å²) in [6.07, 6.45) is 5.36. The normalized spacial score (nSPS) is 14.4. The zero-order chi connectivity index (χ0) is 19.5. The second kappa shape index (κ2) is 7.92. The number of nitrogens with zero attached hydrogens (tertiary/aromatic N) is 1. The summed E-state index contributed by atoms with van der Waals surface area (Å²) < 4.78 is 10.8. The van der Waals surface area contributed by atoms with Crippen LogP contribution in [0.3, 0.4) is 0 Å². The quantitative estimate of drug-likeness (QED) is 0.647. The lowest BCUT2D eigenvalue weighted by molar-refractivity contribution is -0.117. The first-order chi connectivity index (χ1) is 13.7. The van der Waals surface area contributed by atoms with Gasteiger partial charge in [-0.25, -0.2) is 0 Å². The highest BCUT2D eigenvalue weighted by molar-refractivity contribution is 6.00. The molecule has 2 aromatic carbocycles. The average molecular weight is 379 g/mol. The summed E-state index contributed by atoms with van der Waals surface area (Å²) in [6.45, 7) is 0. The first-order valence-electron chi connectivity index (χ1n) is 9.68. The van der Waals surface area contributed by atoms with E-state index in [0.29, 0.717) is 18.2 Å². The molecule has 0 aliphatic heterocycles. The van der Waals surface area contributed by atoms with Gasteiger partial charge in [-0.3, -0.25) is 9.89 Å². The summed E-state index contributed by atoms with van der Waals surface area (Å²) in [6, 6.07) is 11.7. The Morgan fingerprint density at radius 2 is 1.96 bits per heavy atom. The molecule has 146 valence electrons. The first kappa shape index (κ1) is 18.3. The van der Waals surface area contributed by atoms with E-state index >= 15 is 0 Å². The number of hydrogen-bond donors (Lipinski definition) is 2. The van der Waals surface area contributed by atoms with Crippen LogP contribution in [0.25, 0.3) is 22.0 Å². The van der Waals surface area contributed by atoms with E-state index in [1.54, 1.807) is 14.2 Å². The topological polar surface area (TPSA) is 76.2 Å². The van der Waals surface area contributed by atoms with Crippen LogP contribution in [0.4, 0.5) is 5.82 Å². The molecular formula is C22H25N3O3. The Morgan fingerprint density at radius 3 is 2.71 bits per heavy atom. The van der Waals surface area contributed by atoms with Crippen LogP contribution >= 0.6 is 0 Å². The molecule has 1 heterocycles. The third-order valence-corrected chi connectivity index (χ3v) is 5.49. The van der Waals surface area contributed by atoms with Gasteiger partial charge < -0.3 is 14.8 Å². The molecule has 0 bridgehead atoms. The minimum absolute atomic E-state index is 0.0406. The fraction of sp³-hybridized carbons (Fsp3) is 0.364. The molecule has 1 aromatic heterocycles. The molecule has 0 unspecified atom stereocenters. The zero-order valence-corrected chi connectivity index (χ0v) is 16.2. The van der Waals surface area contributed by atoms with Gasteiger partial charge in [0.1, 0.15) is 11.5 Å². The number of fused-ring (bicyclic) bond motifs is 1. The van der Waals surface area contributed by atoms with Crippen LogP contribution in [-0.2, 0) is 4.79 Å². The number of carbonyl (C=O) groups excluding carboxylic acids is 1. The Bertz CT molecular complexity index is 990. The molecule has 2 N–H and O–H groups in total. The molecule has 1 fully saturated rings. The Morgan fingerprint density at radius 1 is 1.14 bits per heavy atom. The molecule has 1 amide bonds. The van der Waals surface area contributed by atoms with Gasteiger partial charge in [-0.05, 0) is 54.7 Å². The maximum absolute atomic E-state index is 12.4. The molecule has 3 aromatic rings. The molecule has 6 heteroatoms. The molecule has 28 heavy (non-hydrogen) atoms. The number of benzene rings is 2. The second-order valence-electron chi connectivity index (χ2n) is 7.30. The van der Waals surface area contributed by atoms with Crippen molar-refractivity contribution in [3.05, 3.63) is 36.4 Å². The van der Waals surface area contributed by atoms with Crippen molar-refractivity contribution in [2.24, 2.45) is 5.92 Å². The number of amides is 1. The lowest BCUT2D eigenvalue weighted by Crippen LogP contribution is -2.15. The van der Waals surface area contributed by atoms with Crippen molar-refractivity contribution in [1.29, 1.82) is 0 Å². The summed E-state index contributed by atoms with van der Waals surface area (Å²) in [5.41, 5.74) is 2.78. The van der Waals surface area contributed by atoms with E-state index in [1.165, 1.54) is 12.8 Å². The zero-order valence-electron chi connectivity index (χ0n) is 16.2. The number of nitrogens with one attached hydrogen (secondary N) is 2. The van der Waals surface area contributed by atoms with Crippen LogP contribution in [0, 0.1) is 5.92 Å². The SMILES string of the molecule is COc1ccc(OC)c(-c2ccc3c(NC(=O)CC4CCCC4)n[nH]c3c2)c1. The monoisotopic (exact) mass is 379 g/mol. The van der Waals surface area contributed by atoms with Crippen molar-refractivity contribution >= 4 is 22.6 Å². The van der Waals surface area contributed by atoms with Crippen LogP contribution in [0.15, 0.2) is 36.4 Å². The Hall–Kier alpha value is -3.02. The second-order valence-corrected chi connectivity index (χ2v) is 7.30. The van der Waals surface area contributed by atoms with Gasteiger partial charge in [-0.2, -0.15) is 5.10 Å². The van der Waals surface area contributed by atoms with E-state index in [1.807, 2.05) is 36.4 Å². The molecule has 4 rings (SSSR count). The fourth-order valence-electron chi connectivity index (χ4n) is 3.98. The van der Waals surface area contributed by atoms with Crippen LogP contribution in [0.1, 0.15) is 32.1 Å². The summed E-state index contributed by atoms with van der Waals surface area (Å²) in [7, 11) is 3.29. The van der Waals surface area contributed by atoms with E-state index in [4.69, 9.17) is 9.47 Å². The predicted octanol–water partition coefficient (Wildman–Crippen LogP) is 4.77. The largest absolute Gasteiger partial charge is 0.497 e. The number of rotatable bonds is 6. The van der Waals surface area contributed by atoms with Crippen LogP contribution < -0.4 is 14.8 Å². The Labute approximate surface area is 164 Å². The highest BCUT2D eigenvalue weighted by Gasteiger charge is 2.19. The number of anilines is 1. The van der Waals surface area contributed by atoms with Gasteiger partial charge in [0.2, 0.25) is 5.91 Å². The third-order valence-electron chi connectivity index (χ3n) is 5.49. The first-order valence-corrected chi connectivity index (χ1v) is 9.68. The van der Waals surface area contributed by atoms with E-state index in [0.717, 1.165) is 46.4 Å². The van der Waals surface area contributed by atoms with E-state index in [9.17, 15) is 4.79 Å². The highest BCUT2D eigenvalue weighted by Crippen LogP contribution is 2.35. The summed E-state index contributed by atoms with van der Waals surface area (Å²) >= 11 is 0. The fourth-order valence-corrected chi connectivity index (χ4v) is 3.98. The minimum Gasteiger partial charge on any atom is -0.497 e. The Balaban J connectivity index is 1.59. The number of methoxy groups -OCH3 is 2. The molecule has 1 saturated carbocycles. The van der Waals surface area contributed by atoms with Crippen LogP contribution in [-0.4, -0.2) is 30.3 Å². The van der Waals surface area contributed by atoms with Crippen molar-refractivity contribution in [1.82, 2.24) is 10.2 Å². The average Bonchev–Trinajstić information content (AvgIpc) is 3.37. The lowest BCUT2D eigenvalue weighted by Gasteiger charge is -2.11. The number of aromatic amines is 1. The van der Waals surface area contributed by atoms with Gasteiger partial charge >= 0.3 is 0 Å². The van der Waals surface area contributed by atoms with Gasteiger partial charge in [0.05, 0.1) is 19.7 Å². The van der Waals surface area contributed by atoms with Gasteiger partial charge in [0.25, 0.3) is 0 Å². The van der Waals surface area contributed by atoms with E-state index in [2.05, 4.69) is 15.5 Å². The van der Waals surface area contributed by atoms with E-state index < -0.39 is 0 Å². The lowest BCUT2D eigenvalue weighted by atomic mass is 10.0. The van der Waals surface area contributed by atoms with Gasteiger partial charge in [0.15, 0.2) is 5.82 Å². The van der Waals surface area contributed by atoms with E-state index in [-0.39, 0.29) is 5.91 Å². The van der Waals surface area contributed by atoms with Crippen molar-refractivity contribution in [3.63, 3.8) is 0 Å². The van der Waals surface area contributed by atoms with Gasteiger partial charge in [-0.1, -0.05) is 18.9 Å². The third kappa shape index (κ3) is 3.67. The number of H-pyrrole nitrogens is 1. The van der Waals surface area contributed by atoms with Crippen molar-refractivity contribution in [2.45, 2.75) is 32.1 Å². The van der Waals surface area contributed by atoms with Crippen LogP contribution in [0.5, 0.6) is 11.5 Å². The van der Waals surface area contributed by atoms with Crippen molar-refractivity contribution < 1.29 is 14.3 Å². The smallest absolute Gasteiger partial charge is 0.225 e. The molecule has 0 saturated heterocycles. The van der Waals surface area contributed by atoms with Gasteiger partial charge in [0, 0.05) is 17.4 Å². The maximum Gasteiger partial charge on any atom is 0.225 e. The summed E-state index contributed by atoms with van der Waals surface area (Å²) in [5, 5.41) is 11.2. The van der Waals surface area contributed by atoms with Gasteiger partial charge in [-0.15, -0.1) is 0 Å². The standard InChI is InChI=1S/C22H25N3O3/c1-27-16-8-10-20(28-2)18(13-16)15-7-9-17-19(12-15)24-25-22(17)23-21(26)11-14-5-3-4-6-14/h7-10,12-14H,3-6,11H2,1-2H3,(H2,23,24,25,26). The molecule has 1 aliphatic carbocycles. The predicted molar refractivity (Wildman–Crippen MR) is 110 cm³/mol. The number of ether oxygens (including phenoxy) is 2. The Kier molecular flexibility index (Phi) is 5.19. The summed E-state index contributed by atoms with van der Waals surface area (Å²) in [5.74, 6) is 2.67. The minimum atomic E-state index is 0.0406.